The number of benzene rings is 2. The van der Waals surface area contributed by atoms with Crippen LogP contribution >= 0.6 is 0 Å². The molecule has 20 heavy (non-hydrogen) atoms. The zero-order valence-corrected chi connectivity index (χ0v) is 11.0. The summed E-state index contributed by atoms with van der Waals surface area (Å²) in [4.78, 5) is 11.7. The number of urea groups is 1. The molecule has 0 unspecified atom stereocenters. The van der Waals surface area contributed by atoms with Crippen molar-refractivity contribution in [3.63, 3.8) is 0 Å². The first-order valence-corrected chi connectivity index (χ1v) is 6.11. The lowest BCUT2D eigenvalue weighted by molar-refractivity contribution is 0.251. The summed E-state index contributed by atoms with van der Waals surface area (Å²) in [5.41, 5.74) is 1.27. The second-order valence-electron chi connectivity index (χ2n) is 4.13. The van der Waals surface area contributed by atoms with Crippen LogP contribution in [-0.2, 0) is 6.54 Å². The van der Waals surface area contributed by atoms with E-state index in [4.69, 9.17) is 4.74 Å². The number of carbonyl (C=O) groups is 1. The molecule has 0 aliphatic rings. The fourth-order valence-electron chi connectivity index (χ4n) is 1.76. The van der Waals surface area contributed by atoms with Crippen molar-refractivity contribution in [3.05, 3.63) is 59.9 Å². The third-order valence-corrected chi connectivity index (χ3v) is 2.71. The van der Waals surface area contributed by atoms with Crippen LogP contribution in [0.1, 0.15) is 5.56 Å². The van der Waals surface area contributed by atoms with E-state index in [1.54, 1.807) is 12.1 Å². The molecule has 0 aromatic heterocycles. The van der Waals surface area contributed by atoms with Gasteiger partial charge in [-0.3, -0.25) is 0 Å². The highest BCUT2D eigenvalue weighted by Crippen LogP contribution is 2.18. The molecule has 0 aliphatic heterocycles. The Kier molecular flexibility index (Phi) is 4.55. The molecular weight excluding hydrogens is 259 g/mol. The van der Waals surface area contributed by atoms with E-state index in [-0.39, 0.29) is 18.4 Å². The molecule has 2 aromatic carbocycles. The Morgan fingerprint density at radius 1 is 1.20 bits per heavy atom. The number of para-hydroxylation sites is 1. The zero-order chi connectivity index (χ0) is 14.4. The fourth-order valence-corrected chi connectivity index (χ4v) is 1.76. The molecule has 104 valence electrons. The topological polar surface area (TPSA) is 50.4 Å². The largest absolute Gasteiger partial charge is 0.496 e. The van der Waals surface area contributed by atoms with Crippen LogP contribution in [0.3, 0.4) is 0 Å². The predicted octanol–water partition coefficient (Wildman–Crippen LogP) is 3.16. The molecule has 0 aliphatic carbocycles. The summed E-state index contributed by atoms with van der Waals surface area (Å²) in [5, 5.41) is 5.33. The van der Waals surface area contributed by atoms with Crippen LogP contribution in [0, 0.1) is 5.82 Å². The first-order chi connectivity index (χ1) is 9.69. The van der Waals surface area contributed by atoms with E-state index < -0.39 is 0 Å². The van der Waals surface area contributed by atoms with Crippen LogP contribution < -0.4 is 15.4 Å². The minimum atomic E-state index is -0.369. The minimum absolute atomic E-state index is 0.180. The summed E-state index contributed by atoms with van der Waals surface area (Å²) in [7, 11) is 1.50. The number of hydrogen-bond donors (Lipinski definition) is 2. The van der Waals surface area contributed by atoms with Gasteiger partial charge in [-0.05, 0) is 30.3 Å². The van der Waals surface area contributed by atoms with Crippen molar-refractivity contribution in [2.45, 2.75) is 6.54 Å². The molecule has 0 spiro atoms. The quantitative estimate of drug-likeness (QED) is 0.899. The number of ether oxygens (including phenoxy) is 1. The summed E-state index contributed by atoms with van der Waals surface area (Å²) >= 11 is 0. The molecule has 0 radical (unpaired) electrons. The van der Waals surface area contributed by atoms with Gasteiger partial charge in [-0.2, -0.15) is 0 Å². The Bertz CT molecular complexity index is 588. The fraction of sp³-hybridized carbons (Fsp3) is 0.133. The van der Waals surface area contributed by atoms with Gasteiger partial charge in [0.05, 0.1) is 7.11 Å². The first kappa shape index (κ1) is 13.9. The number of halogens is 1. The highest BCUT2D eigenvalue weighted by Gasteiger charge is 2.07. The Morgan fingerprint density at radius 2 is 1.95 bits per heavy atom. The maximum Gasteiger partial charge on any atom is 0.319 e. The maximum absolute atomic E-state index is 13.2. The SMILES string of the molecule is COc1ccc(F)cc1CNC(=O)Nc1ccccc1. The monoisotopic (exact) mass is 274 g/mol. The normalized spacial score (nSPS) is 9.90. The lowest BCUT2D eigenvalue weighted by Gasteiger charge is -2.10. The summed E-state index contributed by atoms with van der Waals surface area (Å²) in [5.74, 6) is 0.164. The Labute approximate surface area is 116 Å². The van der Waals surface area contributed by atoms with Crippen molar-refractivity contribution >= 4 is 11.7 Å². The van der Waals surface area contributed by atoms with Crippen molar-refractivity contribution in [1.29, 1.82) is 0 Å². The van der Waals surface area contributed by atoms with Gasteiger partial charge in [0.25, 0.3) is 0 Å². The summed E-state index contributed by atoms with van der Waals surface area (Å²) < 4.78 is 18.3. The van der Waals surface area contributed by atoms with Crippen LogP contribution in [0.15, 0.2) is 48.5 Å². The molecule has 2 amide bonds. The number of amides is 2. The van der Waals surface area contributed by atoms with E-state index >= 15 is 0 Å². The molecule has 5 heteroatoms. The average Bonchev–Trinajstić information content (AvgIpc) is 2.46. The van der Waals surface area contributed by atoms with Gasteiger partial charge in [-0.15, -0.1) is 0 Å². The molecule has 0 fully saturated rings. The number of rotatable bonds is 4. The standard InChI is InChI=1S/C15H15FN2O2/c1-20-14-8-7-12(16)9-11(14)10-17-15(19)18-13-5-3-2-4-6-13/h2-9H,10H2,1H3,(H2,17,18,19). The van der Waals surface area contributed by atoms with Crippen LogP contribution in [-0.4, -0.2) is 13.1 Å². The van der Waals surface area contributed by atoms with Gasteiger partial charge in [-0.1, -0.05) is 18.2 Å². The van der Waals surface area contributed by atoms with E-state index in [9.17, 15) is 9.18 Å². The third-order valence-electron chi connectivity index (χ3n) is 2.71. The minimum Gasteiger partial charge on any atom is -0.496 e. The third kappa shape index (κ3) is 3.71. The van der Waals surface area contributed by atoms with Crippen LogP contribution in [0.4, 0.5) is 14.9 Å². The molecular formula is C15H15FN2O2. The molecule has 2 aromatic rings. The smallest absolute Gasteiger partial charge is 0.319 e. The Hall–Kier alpha value is -2.56. The number of nitrogens with one attached hydrogen (secondary N) is 2. The van der Waals surface area contributed by atoms with Gasteiger partial charge in [0.1, 0.15) is 11.6 Å². The highest BCUT2D eigenvalue weighted by atomic mass is 19.1. The van der Waals surface area contributed by atoms with Crippen LogP contribution in [0.25, 0.3) is 0 Å². The first-order valence-electron chi connectivity index (χ1n) is 6.11. The summed E-state index contributed by atoms with van der Waals surface area (Å²) in [6, 6.07) is 12.9. The van der Waals surface area contributed by atoms with Crippen molar-refractivity contribution < 1.29 is 13.9 Å². The lowest BCUT2D eigenvalue weighted by Crippen LogP contribution is -2.28. The average molecular weight is 274 g/mol. The van der Waals surface area contributed by atoms with E-state index in [1.165, 1.54) is 25.3 Å². The summed E-state index contributed by atoms with van der Waals surface area (Å²) in [6.07, 6.45) is 0. The van der Waals surface area contributed by atoms with E-state index in [0.717, 1.165) is 0 Å². The number of anilines is 1. The van der Waals surface area contributed by atoms with Gasteiger partial charge in [0, 0.05) is 17.8 Å². The molecule has 0 saturated heterocycles. The van der Waals surface area contributed by atoms with Crippen molar-refractivity contribution in [2.75, 3.05) is 12.4 Å². The van der Waals surface area contributed by atoms with Gasteiger partial charge < -0.3 is 15.4 Å². The van der Waals surface area contributed by atoms with Crippen LogP contribution in [0.5, 0.6) is 5.75 Å². The number of hydrogen-bond acceptors (Lipinski definition) is 2. The van der Waals surface area contributed by atoms with Crippen molar-refractivity contribution in [2.24, 2.45) is 0 Å². The van der Waals surface area contributed by atoms with Gasteiger partial charge in [0.15, 0.2) is 0 Å². The second-order valence-corrected chi connectivity index (χ2v) is 4.13. The summed E-state index contributed by atoms with van der Waals surface area (Å²) in [6.45, 7) is 0.180. The van der Waals surface area contributed by atoms with E-state index in [0.29, 0.717) is 17.0 Å². The lowest BCUT2D eigenvalue weighted by atomic mass is 10.2. The molecule has 2 N–H and O–H groups in total. The van der Waals surface area contributed by atoms with E-state index in [2.05, 4.69) is 10.6 Å². The highest BCUT2D eigenvalue weighted by molar-refractivity contribution is 5.89. The number of carbonyl (C=O) groups excluding carboxylic acids is 1. The predicted molar refractivity (Wildman–Crippen MR) is 75.3 cm³/mol. The molecule has 0 saturated carbocycles. The van der Waals surface area contributed by atoms with Crippen molar-refractivity contribution in [3.8, 4) is 5.75 Å². The van der Waals surface area contributed by atoms with Gasteiger partial charge in [0.2, 0.25) is 0 Å². The van der Waals surface area contributed by atoms with E-state index in [1.807, 2.05) is 18.2 Å². The number of methoxy groups -OCH3 is 1. The van der Waals surface area contributed by atoms with Gasteiger partial charge in [-0.25, -0.2) is 9.18 Å². The zero-order valence-electron chi connectivity index (χ0n) is 11.0. The Balaban J connectivity index is 1.95. The molecule has 0 atom stereocenters. The second kappa shape index (κ2) is 6.56. The van der Waals surface area contributed by atoms with Gasteiger partial charge >= 0.3 is 6.03 Å². The maximum atomic E-state index is 13.2. The Morgan fingerprint density at radius 3 is 2.65 bits per heavy atom. The van der Waals surface area contributed by atoms with Crippen LogP contribution in [0.2, 0.25) is 0 Å². The van der Waals surface area contributed by atoms with Crippen molar-refractivity contribution in [1.82, 2.24) is 5.32 Å². The molecule has 0 bridgehead atoms. The molecule has 0 heterocycles. The molecule has 2 rings (SSSR count). The molecule has 4 nitrogen and oxygen atoms in total.